The Morgan fingerprint density at radius 3 is 0.790 bits per heavy atom. The van der Waals surface area contributed by atoms with E-state index in [1.807, 2.05) is 237 Å². The van der Waals surface area contributed by atoms with Crippen LogP contribution in [0.4, 0.5) is 34.1 Å². The lowest BCUT2D eigenvalue weighted by molar-refractivity contribution is -0.120. The number of ether oxygens (including phenoxy) is 3. The summed E-state index contributed by atoms with van der Waals surface area (Å²) in [5.74, 6) is 2.13. The number of anilines is 6. The first-order chi connectivity index (χ1) is 50.5. The zero-order valence-corrected chi connectivity index (χ0v) is 61.1. The van der Waals surface area contributed by atoms with Crippen LogP contribution in [0.2, 0.25) is 0 Å². The minimum Gasteiger partial charge on any atom is -0.489 e. The summed E-state index contributed by atoms with van der Waals surface area (Å²) in [6.45, 7) is 18.8. The molecule has 3 amide bonds. The van der Waals surface area contributed by atoms with Gasteiger partial charge in [0.05, 0.1) is 52.2 Å². The molecule has 105 heavy (non-hydrogen) atoms. The molecule has 15 nitrogen and oxygen atoms in total. The molecule has 0 saturated carbocycles. The molecule has 3 atom stereocenters. The summed E-state index contributed by atoms with van der Waals surface area (Å²) < 4.78 is 17.9. The van der Waals surface area contributed by atoms with Gasteiger partial charge in [-0.3, -0.25) is 43.5 Å². The van der Waals surface area contributed by atoms with E-state index in [1.165, 1.54) is 0 Å². The Hall–Kier alpha value is -11.6. The van der Waals surface area contributed by atoms with Crippen molar-refractivity contribution in [3.8, 4) is 17.2 Å². The van der Waals surface area contributed by atoms with Crippen LogP contribution in [0.3, 0.4) is 0 Å². The van der Waals surface area contributed by atoms with E-state index in [4.69, 9.17) is 14.2 Å². The van der Waals surface area contributed by atoms with Crippen LogP contribution in [0.5, 0.6) is 17.2 Å². The number of Topliss-reactive ketones (excluding diaryl/α,β-unsaturated/α-hetero) is 3. The number of carbonyl (C=O) groups excluding carboxylic acids is 6. The molecule has 3 heterocycles. The van der Waals surface area contributed by atoms with Gasteiger partial charge in [-0.25, -0.2) is 0 Å². The number of hydrogen-bond donors (Lipinski definition) is 3. The molecule has 0 aromatic heterocycles. The van der Waals surface area contributed by atoms with Crippen LogP contribution < -0.4 is 44.9 Å². The van der Waals surface area contributed by atoms with E-state index >= 15 is 0 Å². The van der Waals surface area contributed by atoms with E-state index in [0.717, 1.165) is 121 Å². The van der Waals surface area contributed by atoms with E-state index in [1.54, 1.807) is 35.5 Å². The summed E-state index contributed by atoms with van der Waals surface area (Å²) in [5, 5.41) is 10.6. The largest absolute Gasteiger partial charge is 0.489 e. The van der Waals surface area contributed by atoms with Gasteiger partial charge in [-0.2, -0.15) is 0 Å². The summed E-state index contributed by atoms with van der Waals surface area (Å²) in [7, 11) is 0. The SMILES string of the molecule is CC(=O)N1c2ccccc2NC2=C(C(=O)CC(C)(C)C2)C1c1ccc(OCc2ccccc2)cc1.CC(=O)N1c2ccccc2NC2=C(C(=O)CC(C)(C)C2)[C@@H]1c1ccc(OCc2ccccc2)cc1.CC(=O)N1c2ccccc2NC2=C(C(=O)CC(C)(C)C2)[C@H]1c1ccc(OCc2ccccc2)cc1. The second-order valence-electron chi connectivity index (χ2n) is 30.3. The molecule has 9 aromatic carbocycles. The zero-order chi connectivity index (χ0) is 73.7. The third-order valence-corrected chi connectivity index (χ3v) is 20.1. The first-order valence-corrected chi connectivity index (χ1v) is 36.0. The molecule has 0 radical (unpaired) electrons. The number of ketones is 3. The van der Waals surface area contributed by atoms with Gasteiger partial charge in [0.2, 0.25) is 17.7 Å². The van der Waals surface area contributed by atoms with Gasteiger partial charge in [0.25, 0.3) is 0 Å². The third-order valence-electron chi connectivity index (χ3n) is 20.1. The third kappa shape index (κ3) is 16.1. The van der Waals surface area contributed by atoms with Crippen molar-refractivity contribution in [3.05, 3.63) is 304 Å². The van der Waals surface area contributed by atoms with Crippen LogP contribution in [0.25, 0.3) is 0 Å². The molecule has 3 aliphatic carbocycles. The maximum atomic E-state index is 13.6. The quantitative estimate of drug-likeness (QED) is 0.106. The maximum Gasteiger partial charge on any atom is 0.224 e. The summed E-state index contributed by atoms with van der Waals surface area (Å²) in [4.78, 5) is 85.2. The van der Waals surface area contributed by atoms with Crippen molar-refractivity contribution in [2.45, 2.75) is 139 Å². The van der Waals surface area contributed by atoms with Crippen LogP contribution >= 0.6 is 0 Å². The molecule has 0 fully saturated rings. The normalized spacial score (nSPS) is 18.8. The maximum absolute atomic E-state index is 13.6. The Labute approximate surface area is 615 Å². The van der Waals surface area contributed by atoms with E-state index in [9.17, 15) is 28.8 Å². The highest BCUT2D eigenvalue weighted by molar-refractivity contribution is 6.08. The lowest BCUT2D eigenvalue weighted by Gasteiger charge is -2.36. The molecule has 15 rings (SSSR count). The number of amides is 3. The lowest BCUT2D eigenvalue weighted by Crippen LogP contribution is -2.38. The molecule has 3 aliphatic heterocycles. The Bertz CT molecular complexity index is 4360. The van der Waals surface area contributed by atoms with Crippen molar-refractivity contribution in [2.75, 3.05) is 30.7 Å². The van der Waals surface area contributed by atoms with Crippen LogP contribution in [-0.2, 0) is 48.6 Å². The summed E-state index contributed by atoms with van der Waals surface area (Å²) in [6.07, 6.45) is 3.56. The van der Waals surface area contributed by atoms with Crippen molar-refractivity contribution in [2.24, 2.45) is 16.2 Å². The smallest absolute Gasteiger partial charge is 0.224 e. The number of rotatable bonds is 12. The summed E-state index contributed by atoms with van der Waals surface area (Å²) in [5.41, 5.74) is 15.0. The number of hydrogen-bond acceptors (Lipinski definition) is 12. The average Bonchev–Trinajstić information content (AvgIpc) is 1.74. The van der Waals surface area contributed by atoms with Gasteiger partial charge in [-0.15, -0.1) is 0 Å². The number of benzene rings is 9. The Morgan fingerprint density at radius 2 is 0.552 bits per heavy atom. The first kappa shape index (κ1) is 71.8. The molecule has 1 unspecified atom stereocenters. The second kappa shape index (κ2) is 30.4. The van der Waals surface area contributed by atoms with Crippen molar-refractivity contribution >= 4 is 69.2 Å². The number of carbonyl (C=O) groups is 6. The van der Waals surface area contributed by atoms with Crippen LogP contribution in [0.15, 0.2) is 270 Å². The summed E-state index contributed by atoms with van der Waals surface area (Å²) in [6, 6.07) is 75.1. The van der Waals surface area contributed by atoms with E-state index in [-0.39, 0.29) is 51.3 Å². The van der Waals surface area contributed by atoms with Crippen molar-refractivity contribution in [1.29, 1.82) is 0 Å². The minimum atomic E-state index is -0.509. The zero-order valence-electron chi connectivity index (χ0n) is 61.1. The van der Waals surface area contributed by atoms with Crippen LogP contribution in [-0.4, -0.2) is 35.1 Å². The molecule has 0 bridgehead atoms. The Morgan fingerprint density at radius 1 is 0.324 bits per heavy atom. The molecule has 3 N–H and O–H groups in total. The van der Waals surface area contributed by atoms with Gasteiger partial charge in [0, 0.05) is 73.8 Å². The number of nitrogens with zero attached hydrogens (tertiary/aromatic N) is 3. The molecule has 0 saturated heterocycles. The molecule has 0 spiro atoms. The predicted molar refractivity (Wildman–Crippen MR) is 415 cm³/mol. The van der Waals surface area contributed by atoms with Crippen LogP contribution in [0.1, 0.15) is 152 Å². The van der Waals surface area contributed by atoms with Crippen LogP contribution in [0, 0.1) is 16.2 Å². The standard InChI is InChI=1S/3C30H30N2O3/c3*1-20(33)32-26-12-8-7-11-24(26)31-25-17-30(2,3)18-27(34)28(25)29(32)22-13-15-23(16-14-22)35-19-21-9-5-4-6-10-21/h3*4-16,29,31H,17-19H2,1-3H3/t2*29-;/m10./s1. The fourth-order valence-corrected chi connectivity index (χ4v) is 15.4. The summed E-state index contributed by atoms with van der Waals surface area (Å²) >= 11 is 0. The van der Waals surface area contributed by atoms with E-state index < -0.39 is 18.1 Å². The van der Waals surface area contributed by atoms with Crippen molar-refractivity contribution < 1.29 is 43.0 Å². The number of nitrogens with one attached hydrogen (secondary N) is 3. The topological polar surface area (TPSA) is 176 Å². The lowest BCUT2D eigenvalue weighted by atomic mass is 9.73. The first-order valence-electron chi connectivity index (χ1n) is 36.0. The molecular formula is C90H90N6O9. The van der Waals surface area contributed by atoms with Gasteiger partial charge >= 0.3 is 0 Å². The molecule has 534 valence electrons. The Balaban J connectivity index is 0.000000140. The molecule has 15 heteroatoms. The van der Waals surface area contributed by atoms with E-state index in [0.29, 0.717) is 55.8 Å². The minimum absolute atomic E-state index is 0.0808. The van der Waals surface area contributed by atoms with Gasteiger partial charge in [0.1, 0.15) is 37.1 Å². The highest BCUT2D eigenvalue weighted by Gasteiger charge is 2.46. The average molecular weight is 1400 g/mol. The monoisotopic (exact) mass is 1400 g/mol. The fourth-order valence-electron chi connectivity index (χ4n) is 15.4. The number of fused-ring (bicyclic) bond motifs is 3. The predicted octanol–water partition coefficient (Wildman–Crippen LogP) is 19.3. The van der Waals surface area contributed by atoms with Gasteiger partial charge in [-0.1, -0.05) is 205 Å². The van der Waals surface area contributed by atoms with Crippen molar-refractivity contribution in [3.63, 3.8) is 0 Å². The van der Waals surface area contributed by atoms with E-state index in [2.05, 4.69) is 57.5 Å². The number of allylic oxidation sites excluding steroid dienone is 3. The molecular weight excluding hydrogens is 1310 g/mol. The highest BCUT2D eigenvalue weighted by atomic mass is 16.5. The van der Waals surface area contributed by atoms with Gasteiger partial charge in [-0.05, 0) is 142 Å². The number of para-hydroxylation sites is 6. The molecule has 6 aliphatic rings. The van der Waals surface area contributed by atoms with Gasteiger partial charge < -0.3 is 30.2 Å². The second-order valence-corrected chi connectivity index (χ2v) is 30.3. The fraction of sp³-hybridized carbons (Fsp3) is 0.267. The Kier molecular flexibility index (Phi) is 20.8. The van der Waals surface area contributed by atoms with Gasteiger partial charge in [0.15, 0.2) is 17.3 Å². The molecule has 9 aromatic rings. The highest BCUT2D eigenvalue weighted by Crippen LogP contribution is 2.52. The van der Waals surface area contributed by atoms with Crippen molar-refractivity contribution in [1.82, 2.24) is 0 Å².